The van der Waals surface area contributed by atoms with Crippen molar-refractivity contribution in [2.75, 3.05) is 4.72 Å². The van der Waals surface area contributed by atoms with E-state index in [0.29, 0.717) is 10.2 Å². The molecule has 140 valence electrons. The molecule has 0 aliphatic rings. The lowest BCUT2D eigenvalue weighted by Crippen LogP contribution is -2.15. The first kappa shape index (κ1) is 18.8. The van der Waals surface area contributed by atoms with Crippen molar-refractivity contribution in [1.82, 2.24) is 4.98 Å². The van der Waals surface area contributed by atoms with Crippen molar-refractivity contribution in [1.29, 1.82) is 0 Å². The Hall–Kier alpha value is -2.98. The number of hydrogen-bond donors (Lipinski definition) is 3. The van der Waals surface area contributed by atoms with Gasteiger partial charge in [-0.2, -0.15) is 0 Å². The molecule has 0 aliphatic heterocycles. The van der Waals surface area contributed by atoms with Crippen LogP contribution in [0.4, 0.5) is 5.69 Å². The number of aromatic nitrogens is 1. The fourth-order valence-corrected chi connectivity index (χ4v) is 4.63. The van der Waals surface area contributed by atoms with Crippen LogP contribution >= 0.6 is 11.3 Å². The Labute approximate surface area is 158 Å². The van der Waals surface area contributed by atoms with E-state index < -0.39 is 22.0 Å². The van der Waals surface area contributed by atoms with E-state index in [2.05, 4.69) is 9.71 Å². The van der Waals surface area contributed by atoms with Crippen LogP contribution in [0.25, 0.3) is 10.2 Å². The fourth-order valence-electron chi connectivity index (χ4n) is 2.62. The standard InChI is InChI=1S/C17H14N2O6S2/c1-8-12(16(20)21)5-10(6-13(8)17(22)23)19-27(24,25)11-3-4-14-15(7-11)26-9(2)18-14/h3-7,19H,1-2H3,(H,20,21)(H,22,23). The molecule has 1 heterocycles. The Balaban J connectivity index is 2.06. The Kier molecular flexibility index (Phi) is 4.62. The average molecular weight is 406 g/mol. The SMILES string of the molecule is Cc1nc2ccc(S(=O)(=O)Nc3cc(C(=O)O)c(C)c(C(=O)O)c3)cc2s1. The van der Waals surface area contributed by atoms with Gasteiger partial charge in [-0.25, -0.2) is 23.0 Å². The van der Waals surface area contributed by atoms with Crippen LogP contribution in [0.1, 0.15) is 31.3 Å². The number of carboxylic acids is 2. The van der Waals surface area contributed by atoms with Crippen molar-refractivity contribution in [2.24, 2.45) is 0 Å². The number of nitrogens with zero attached hydrogens (tertiary/aromatic N) is 1. The topological polar surface area (TPSA) is 134 Å². The van der Waals surface area contributed by atoms with Crippen molar-refractivity contribution in [3.05, 3.63) is 52.0 Å². The molecule has 0 atom stereocenters. The Morgan fingerprint density at radius 2 is 1.63 bits per heavy atom. The zero-order chi connectivity index (χ0) is 19.9. The molecule has 10 heteroatoms. The van der Waals surface area contributed by atoms with Crippen LogP contribution < -0.4 is 4.72 Å². The summed E-state index contributed by atoms with van der Waals surface area (Å²) in [6.45, 7) is 3.16. The van der Waals surface area contributed by atoms with E-state index in [1.807, 2.05) is 6.92 Å². The summed E-state index contributed by atoms with van der Waals surface area (Å²) in [5.74, 6) is -2.70. The molecule has 0 fully saturated rings. The molecule has 0 radical (unpaired) electrons. The molecule has 3 aromatic rings. The molecule has 3 rings (SSSR count). The second-order valence-electron chi connectivity index (χ2n) is 5.77. The van der Waals surface area contributed by atoms with E-state index >= 15 is 0 Å². The Morgan fingerprint density at radius 1 is 1.04 bits per heavy atom. The second kappa shape index (κ2) is 6.63. The summed E-state index contributed by atoms with van der Waals surface area (Å²) in [6.07, 6.45) is 0. The lowest BCUT2D eigenvalue weighted by Gasteiger charge is -2.12. The minimum absolute atomic E-state index is 0.0343. The van der Waals surface area contributed by atoms with E-state index in [0.717, 1.165) is 17.1 Å². The summed E-state index contributed by atoms with van der Waals surface area (Å²) in [6, 6.07) is 6.61. The van der Waals surface area contributed by atoms with Crippen molar-refractivity contribution >= 4 is 49.2 Å². The predicted molar refractivity (Wildman–Crippen MR) is 100 cm³/mol. The molecule has 8 nitrogen and oxygen atoms in total. The van der Waals surface area contributed by atoms with Crippen molar-refractivity contribution in [3.63, 3.8) is 0 Å². The molecule has 2 aromatic carbocycles. The molecule has 0 unspecified atom stereocenters. The fraction of sp³-hybridized carbons (Fsp3) is 0.118. The quantitative estimate of drug-likeness (QED) is 0.593. The minimum atomic E-state index is -4.05. The van der Waals surface area contributed by atoms with Gasteiger partial charge in [0.05, 0.1) is 36.9 Å². The lowest BCUT2D eigenvalue weighted by molar-refractivity contribution is 0.0696. The van der Waals surface area contributed by atoms with Gasteiger partial charge < -0.3 is 10.2 Å². The van der Waals surface area contributed by atoms with E-state index in [4.69, 9.17) is 0 Å². The highest BCUT2D eigenvalue weighted by molar-refractivity contribution is 7.92. The van der Waals surface area contributed by atoms with Crippen LogP contribution in [0.2, 0.25) is 0 Å². The Bertz CT molecular complexity index is 1160. The van der Waals surface area contributed by atoms with Crippen molar-refractivity contribution in [2.45, 2.75) is 18.7 Å². The number of anilines is 1. The second-order valence-corrected chi connectivity index (χ2v) is 8.69. The van der Waals surface area contributed by atoms with Gasteiger partial charge >= 0.3 is 11.9 Å². The monoisotopic (exact) mass is 406 g/mol. The number of carbonyl (C=O) groups is 2. The third-order valence-corrected chi connectivity index (χ3v) is 6.21. The maximum absolute atomic E-state index is 12.7. The maximum atomic E-state index is 12.7. The van der Waals surface area contributed by atoms with Crippen LogP contribution in [0.3, 0.4) is 0 Å². The van der Waals surface area contributed by atoms with Crippen LogP contribution in [0.5, 0.6) is 0 Å². The first-order chi connectivity index (χ1) is 12.6. The number of aromatic carboxylic acids is 2. The molecular formula is C17H14N2O6S2. The van der Waals surface area contributed by atoms with Gasteiger partial charge in [0.2, 0.25) is 0 Å². The van der Waals surface area contributed by atoms with Gasteiger partial charge in [-0.1, -0.05) is 0 Å². The molecule has 27 heavy (non-hydrogen) atoms. The number of rotatable bonds is 5. The number of benzene rings is 2. The molecule has 0 aliphatic carbocycles. The molecule has 1 aromatic heterocycles. The first-order valence-electron chi connectivity index (χ1n) is 7.60. The van der Waals surface area contributed by atoms with Gasteiger partial charge in [-0.05, 0) is 49.7 Å². The van der Waals surface area contributed by atoms with Crippen LogP contribution in [-0.2, 0) is 10.0 Å². The van der Waals surface area contributed by atoms with E-state index in [-0.39, 0.29) is 27.3 Å². The number of thiazole rings is 1. The van der Waals surface area contributed by atoms with Gasteiger partial charge in [0.1, 0.15) is 0 Å². The highest BCUT2D eigenvalue weighted by Crippen LogP contribution is 2.27. The van der Waals surface area contributed by atoms with Crippen molar-refractivity contribution < 1.29 is 28.2 Å². The number of nitrogens with one attached hydrogen (secondary N) is 1. The van der Waals surface area contributed by atoms with Crippen LogP contribution in [-0.4, -0.2) is 35.6 Å². The van der Waals surface area contributed by atoms with E-state index in [1.54, 1.807) is 6.07 Å². The van der Waals surface area contributed by atoms with Gasteiger partial charge in [0, 0.05) is 0 Å². The zero-order valence-electron chi connectivity index (χ0n) is 14.2. The van der Waals surface area contributed by atoms with E-state index in [1.165, 1.54) is 30.4 Å². The molecular weight excluding hydrogens is 392 g/mol. The third-order valence-electron chi connectivity index (χ3n) is 3.90. The van der Waals surface area contributed by atoms with Crippen LogP contribution in [0.15, 0.2) is 35.2 Å². The number of fused-ring (bicyclic) bond motifs is 1. The van der Waals surface area contributed by atoms with Crippen molar-refractivity contribution in [3.8, 4) is 0 Å². The molecule has 0 amide bonds. The minimum Gasteiger partial charge on any atom is -0.478 e. The summed E-state index contributed by atoms with van der Waals surface area (Å²) in [5, 5.41) is 19.3. The van der Waals surface area contributed by atoms with Crippen LogP contribution in [0, 0.1) is 13.8 Å². The third kappa shape index (κ3) is 3.62. The molecule has 0 spiro atoms. The van der Waals surface area contributed by atoms with Gasteiger partial charge in [0.15, 0.2) is 0 Å². The smallest absolute Gasteiger partial charge is 0.336 e. The van der Waals surface area contributed by atoms with E-state index in [9.17, 15) is 28.2 Å². The summed E-state index contributed by atoms with van der Waals surface area (Å²) >= 11 is 1.34. The zero-order valence-corrected chi connectivity index (χ0v) is 15.8. The summed E-state index contributed by atoms with van der Waals surface area (Å²) in [7, 11) is -4.05. The number of sulfonamides is 1. The maximum Gasteiger partial charge on any atom is 0.336 e. The first-order valence-corrected chi connectivity index (χ1v) is 9.89. The molecule has 3 N–H and O–H groups in total. The summed E-state index contributed by atoms with van der Waals surface area (Å²) in [5.41, 5.74) is -0.00846. The number of hydrogen-bond acceptors (Lipinski definition) is 6. The number of carboxylic acid groups (broad SMARTS) is 2. The molecule has 0 saturated heterocycles. The Morgan fingerprint density at radius 3 is 2.19 bits per heavy atom. The van der Waals surface area contributed by atoms with Gasteiger partial charge in [0.25, 0.3) is 10.0 Å². The number of aryl methyl sites for hydroxylation is 1. The van der Waals surface area contributed by atoms with Gasteiger partial charge in [-0.3, -0.25) is 4.72 Å². The summed E-state index contributed by atoms with van der Waals surface area (Å²) in [4.78, 5) is 26.9. The predicted octanol–water partition coefficient (Wildman–Crippen LogP) is 3.11. The highest BCUT2D eigenvalue weighted by atomic mass is 32.2. The lowest BCUT2D eigenvalue weighted by atomic mass is 10.0. The summed E-state index contributed by atoms with van der Waals surface area (Å²) < 4.78 is 28.3. The van der Waals surface area contributed by atoms with Gasteiger partial charge in [-0.15, -0.1) is 11.3 Å². The molecule has 0 bridgehead atoms. The normalized spacial score (nSPS) is 11.5. The highest BCUT2D eigenvalue weighted by Gasteiger charge is 2.21. The average Bonchev–Trinajstić information content (AvgIpc) is 2.94. The molecule has 0 saturated carbocycles. The largest absolute Gasteiger partial charge is 0.478 e.